The number of carbonyl (C=O) groups is 2. The lowest BCUT2D eigenvalue weighted by molar-refractivity contribution is -0.148. The molecule has 0 unspecified atom stereocenters. The molecule has 0 heterocycles. The highest BCUT2D eigenvalue weighted by atomic mass is 16.4. The van der Waals surface area contributed by atoms with Crippen LogP contribution < -0.4 is 11.3 Å². The van der Waals surface area contributed by atoms with Crippen LogP contribution in [0.3, 0.4) is 0 Å². The largest absolute Gasteiger partial charge is 0.481 e. The van der Waals surface area contributed by atoms with Crippen molar-refractivity contribution in [3.8, 4) is 0 Å². The van der Waals surface area contributed by atoms with Gasteiger partial charge in [0.1, 0.15) is 0 Å². The molecule has 1 amide bonds. The lowest BCUT2D eigenvalue weighted by Crippen LogP contribution is -2.42. The summed E-state index contributed by atoms with van der Waals surface area (Å²) in [6, 6.07) is 0. The minimum absolute atomic E-state index is 0.355. The Bertz CT molecular complexity index is 217. The van der Waals surface area contributed by atoms with Crippen LogP contribution in [0.4, 0.5) is 0 Å². The summed E-state index contributed by atoms with van der Waals surface area (Å²) >= 11 is 0. The monoisotopic (exact) mass is 186 g/mol. The van der Waals surface area contributed by atoms with E-state index in [1.165, 1.54) is 0 Å². The van der Waals surface area contributed by atoms with Crippen molar-refractivity contribution in [1.29, 1.82) is 0 Å². The van der Waals surface area contributed by atoms with Crippen LogP contribution in [0.15, 0.2) is 0 Å². The molecule has 1 fully saturated rings. The molecular weight excluding hydrogens is 172 g/mol. The highest BCUT2D eigenvalue weighted by molar-refractivity contribution is 5.84. The Labute approximate surface area is 76.3 Å². The molecule has 0 aromatic heterocycles. The molecule has 0 aromatic rings. The number of carboxylic acids is 1. The number of carboxylic acid groups (broad SMARTS) is 1. The van der Waals surface area contributed by atoms with Crippen LogP contribution >= 0.6 is 0 Å². The first kappa shape index (κ1) is 9.98. The first-order valence-electron chi connectivity index (χ1n) is 4.40. The van der Waals surface area contributed by atoms with Gasteiger partial charge in [0.25, 0.3) is 0 Å². The molecule has 13 heavy (non-hydrogen) atoms. The molecule has 4 N–H and O–H groups in total. The summed E-state index contributed by atoms with van der Waals surface area (Å²) in [5, 5.41) is 8.83. The lowest BCUT2D eigenvalue weighted by atomic mass is 9.79. The average Bonchev–Trinajstić information content (AvgIpc) is 2.16. The number of hydrogen-bond acceptors (Lipinski definition) is 3. The van der Waals surface area contributed by atoms with Crippen molar-refractivity contribution in [1.82, 2.24) is 5.43 Å². The molecule has 1 aliphatic carbocycles. The summed E-state index contributed by atoms with van der Waals surface area (Å²) in [7, 11) is 0. The van der Waals surface area contributed by atoms with Gasteiger partial charge in [-0.1, -0.05) is 12.8 Å². The topological polar surface area (TPSA) is 92.4 Å². The number of rotatable bonds is 2. The SMILES string of the molecule is NNC(=O)[C@@H]1CCCC[C@H]1C(=O)O. The zero-order valence-corrected chi connectivity index (χ0v) is 7.32. The van der Waals surface area contributed by atoms with Gasteiger partial charge in [0.15, 0.2) is 0 Å². The predicted molar refractivity (Wildman–Crippen MR) is 45.4 cm³/mol. The van der Waals surface area contributed by atoms with Crippen LogP contribution in [0.2, 0.25) is 0 Å². The molecule has 0 aromatic carbocycles. The van der Waals surface area contributed by atoms with Gasteiger partial charge in [-0.05, 0) is 12.8 Å². The van der Waals surface area contributed by atoms with Crippen molar-refractivity contribution in [2.45, 2.75) is 25.7 Å². The fourth-order valence-electron chi connectivity index (χ4n) is 1.85. The van der Waals surface area contributed by atoms with Gasteiger partial charge in [-0.2, -0.15) is 0 Å². The van der Waals surface area contributed by atoms with Gasteiger partial charge >= 0.3 is 5.97 Å². The van der Waals surface area contributed by atoms with E-state index in [1.807, 2.05) is 5.43 Å². The molecule has 74 valence electrons. The van der Waals surface area contributed by atoms with Gasteiger partial charge in [-0.25, -0.2) is 5.84 Å². The Morgan fingerprint density at radius 3 is 2.23 bits per heavy atom. The Hall–Kier alpha value is -1.10. The van der Waals surface area contributed by atoms with Gasteiger partial charge in [-0.3, -0.25) is 15.0 Å². The van der Waals surface area contributed by atoms with E-state index >= 15 is 0 Å². The van der Waals surface area contributed by atoms with Crippen LogP contribution in [0.1, 0.15) is 25.7 Å². The van der Waals surface area contributed by atoms with Crippen LogP contribution in [0, 0.1) is 11.8 Å². The zero-order chi connectivity index (χ0) is 9.84. The number of amides is 1. The maximum atomic E-state index is 11.2. The fourth-order valence-corrected chi connectivity index (χ4v) is 1.85. The summed E-state index contributed by atoms with van der Waals surface area (Å²) in [5.74, 6) is 2.72. The molecular formula is C8H14N2O3. The van der Waals surface area contributed by atoms with Crippen LogP contribution in [-0.2, 0) is 9.59 Å². The molecule has 1 aliphatic rings. The second-order valence-corrected chi connectivity index (χ2v) is 3.34. The second kappa shape index (κ2) is 4.23. The van der Waals surface area contributed by atoms with Crippen molar-refractivity contribution >= 4 is 11.9 Å². The van der Waals surface area contributed by atoms with Crippen LogP contribution in [0.25, 0.3) is 0 Å². The van der Waals surface area contributed by atoms with Gasteiger partial charge in [0.05, 0.1) is 11.8 Å². The van der Waals surface area contributed by atoms with E-state index in [9.17, 15) is 9.59 Å². The maximum Gasteiger partial charge on any atom is 0.307 e. The summed E-state index contributed by atoms with van der Waals surface area (Å²) in [5.41, 5.74) is 2.02. The number of nitrogens with one attached hydrogen (secondary N) is 1. The molecule has 1 saturated carbocycles. The molecule has 1 rings (SSSR count). The average molecular weight is 186 g/mol. The van der Waals surface area contributed by atoms with Gasteiger partial charge in [0, 0.05) is 0 Å². The second-order valence-electron chi connectivity index (χ2n) is 3.34. The highest BCUT2D eigenvalue weighted by Crippen LogP contribution is 2.30. The van der Waals surface area contributed by atoms with Crippen molar-refractivity contribution < 1.29 is 14.7 Å². The molecule has 5 heteroatoms. The van der Waals surface area contributed by atoms with Gasteiger partial charge in [0.2, 0.25) is 5.91 Å². The first-order valence-corrected chi connectivity index (χ1v) is 4.40. The van der Waals surface area contributed by atoms with Crippen molar-refractivity contribution in [3.63, 3.8) is 0 Å². The van der Waals surface area contributed by atoms with E-state index < -0.39 is 17.8 Å². The molecule has 0 bridgehead atoms. The summed E-state index contributed by atoms with van der Waals surface area (Å²) in [6.07, 6.45) is 2.99. The number of nitrogens with two attached hydrogens (primary N) is 1. The molecule has 2 atom stereocenters. The normalized spacial score (nSPS) is 28.1. The van der Waals surface area contributed by atoms with E-state index in [0.717, 1.165) is 12.8 Å². The number of carbonyl (C=O) groups excluding carboxylic acids is 1. The molecule has 0 spiro atoms. The standard InChI is InChI=1S/C8H14N2O3/c9-10-7(11)5-3-1-2-4-6(5)8(12)13/h5-6H,1-4,9H2,(H,10,11)(H,12,13)/t5-,6-/m1/s1. The van der Waals surface area contributed by atoms with Crippen LogP contribution in [0.5, 0.6) is 0 Å². The summed E-state index contributed by atoms with van der Waals surface area (Å²) in [4.78, 5) is 21.9. The van der Waals surface area contributed by atoms with E-state index in [1.54, 1.807) is 0 Å². The lowest BCUT2D eigenvalue weighted by Gasteiger charge is -2.26. The molecule has 0 saturated heterocycles. The van der Waals surface area contributed by atoms with E-state index in [0.29, 0.717) is 12.8 Å². The zero-order valence-electron chi connectivity index (χ0n) is 7.32. The third kappa shape index (κ3) is 2.18. The number of aliphatic carboxylic acids is 1. The summed E-state index contributed by atoms with van der Waals surface area (Å²) < 4.78 is 0. The van der Waals surface area contributed by atoms with Crippen molar-refractivity contribution in [2.24, 2.45) is 17.7 Å². The van der Waals surface area contributed by atoms with E-state index in [4.69, 9.17) is 10.9 Å². The minimum Gasteiger partial charge on any atom is -0.481 e. The van der Waals surface area contributed by atoms with Crippen molar-refractivity contribution in [3.05, 3.63) is 0 Å². The Morgan fingerprint density at radius 1 is 1.23 bits per heavy atom. The molecule has 0 aliphatic heterocycles. The van der Waals surface area contributed by atoms with Crippen molar-refractivity contribution in [2.75, 3.05) is 0 Å². The predicted octanol–water partition coefficient (Wildman–Crippen LogP) is -0.133. The molecule has 0 radical (unpaired) electrons. The smallest absolute Gasteiger partial charge is 0.307 e. The maximum absolute atomic E-state index is 11.2. The summed E-state index contributed by atoms with van der Waals surface area (Å²) in [6.45, 7) is 0. The minimum atomic E-state index is -0.895. The van der Waals surface area contributed by atoms with Gasteiger partial charge in [-0.15, -0.1) is 0 Å². The first-order chi connectivity index (χ1) is 6.16. The quantitative estimate of drug-likeness (QED) is 0.318. The number of hydrogen-bond donors (Lipinski definition) is 3. The van der Waals surface area contributed by atoms with Crippen LogP contribution in [-0.4, -0.2) is 17.0 Å². The Morgan fingerprint density at radius 2 is 1.77 bits per heavy atom. The Balaban J connectivity index is 2.67. The van der Waals surface area contributed by atoms with E-state index in [-0.39, 0.29) is 5.91 Å². The van der Waals surface area contributed by atoms with Gasteiger partial charge < -0.3 is 5.11 Å². The molecule has 5 nitrogen and oxygen atoms in total. The van der Waals surface area contributed by atoms with E-state index in [2.05, 4.69) is 0 Å². The third-order valence-electron chi connectivity index (χ3n) is 2.56. The highest BCUT2D eigenvalue weighted by Gasteiger charge is 2.35. The number of hydrazine groups is 1. The Kier molecular flexibility index (Phi) is 3.25. The third-order valence-corrected chi connectivity index (χ3v) is 2.56. The fraction of sp³-hybridized carbons (Fsp3) is 0.750.